The van der Waals surface area contributed by atoms with Crippen LogP contribution >= 0.6 is 11.6 Å². The van der Waals surface area contributed by atoms with Crippen molar-refractivity contribution < 1.29 is 14.3 Å². The first kappa shape index (κ1) is 19.2. The number of halogens is 1. The fraction of sp³-hybridized carbons (Fsp3) is 0.333. The molecule has 0 aromatic heterocycles. The van der Waals surface area contributed by atoms with Crippen molar-refractivity contribution in [1.82, 2.24) is 0 Å². The Morgan fingerprint density at radius 3 is 1.68 bits per heavy atom. The molecule has 2 aromatic rings. The molecule has 0 heterocycles. The molecule has 0 saturated carbocycles. The highest BCUT2D eigenvalue weighted by molar-refractivity contribution is 6.30. The normalized spacial score (nSPS) is 11.9. The van der Waals surface area contributed by atoms with Crippen molar-refractivity contribution in [3.05, 3.63) is 64.7 Å². The smallest absolute Gasteiger partial charge is 0.193 e. The van der Waals surface area contributed by atoms with E-state index in [1.54, 1.807) is 62.4 Å². The summed E-state index contributed by atoms with van der Waals surface area (Å²) >= 11 is 5.85. The molecule has 0 fully saturated rings. The van der Waals surface area contributed by atoms with Crippen molar-refractivity contribution >= 4 is 23.2 Å². The quantitative estimate of drug-likeness (QED) is 0.677. The predicted molar refractivity (Wildman–Crippen MR) is 100 cm³/mol. The van der Waals surface area contributed by atoms with Crippen LogP contribution in [0, 0.1) is 5.41 Å². The van der Waals surface area contributed by atoms with Crippen LogP contribution in [0.2, 0.25) is 5.02 Å². The number of carbonyl (C=O) groups excluding carboxylic acids is 2. The van der Waals surface area contributed by atoms with E-state index >= 15 is 0 Å². The van der Waals surface area contributed by atoms with Gasteiger partial charge in [0, 0.05) is 21.6 Å². The third-order valence-electron chi connectivity index (χ3n) is 3.82. The molecule has 3 nitrogen and oxygen atoms in total. The number of ether oxygens (including phenoxy) is 1. The van der Waals surface area contributed by atoms with Crippen LogP contribution in [0.1, 0.15) is 50.5 Å². The molecule has 0 aliphatic carbocycles. The second-order valence-corrected chi connectivity index (χ2v) is 7.99. The van der Waals surface area contributed by atoms with Crippen LogP contribution in [-0.2, 0) is 4.79 Å². The summed E-state index contributed by atoms with van der Waals surface area (Å²) in [5.74, 6) is 0.477. The highest BCUT2D eigenvalue weighted by Gasteiger charge is 2.37. The van der Waals surface area contributed by atoms with E-state index in [2.05, 4.69) is 0 Å². The Morgan fingerprint density at radius 2 is 1.24 bits per heavy atom. The van der Waals surface area contributed by atoms with Gasteiger partial charge in [-0.3, -0.25) is 9.59 Å². The molecule has 2 aromatic carbocycles. The molecule has 0 atom stereocenters. The van der Waals surface area contributed by atoms with E-state index in [1.807, 2.05) is 20.8 Å². The second kappa shape index (κ2) is 7.01. The number of hydrogen-bond donors (Lipinski definition) is 0. The van der Waals surface area contributed by atoms with Crippen LogP contribution in [0.25, 0.3) is 0 Å². The van der Waals surface area contributed by atoms with Crippen LogP contribution in [-0.4, -0.2) is 17.2 Å². The summed E-state index contributed by atoms with van der Waals surface area (Å²) in [4.78, 5) is 24.9. The Labute approximate surface area is 154 Å². The van der Waals surface area contributed by atoms with Crippen molar-refractivity contribution in [2.75, 3.05) is 0 Å². The highest BCUT2D eigenvalue weighted by atomic mass is 35.5. The van der Waals surface area contributed by atoms with Gasteiger partial charge in [-0.1, -0.05) is 32.4 Å². The Hall–Kier alpha value is -2.13. The number of hydrogen-bond acceptors (Lipinski definition) is 3. The molecule has 0 aliphatic heterocycles. The van der Waals surface area contributed by atoms with Gasteiger partial charge in [-0.2, -0.15) is 0 Å². The topological polar surface area (TPSA) is 43.4 Å². The molecule has 25 heavy (non-hydrogen) atoms. The summed E-state index contributed by atoms with van der Waals surface area (Å²) in [6.07, 6.45) is 0. The number of Topliss-reactive ketones (excluding diaryl/α,β-unsaturated/α-hetero) is 1. The molecule has 2 rings (SSSR count). The van der Waals surface area contributed by atoms with Crippen molar-refractivity contribution in [2.45, 2.75) is 40.2 Å². The zero-order chi connectivity index (χ0) is 18.8. The molecule has 0 N–H and O–H groups in total. The van der Waals surface area contributed by atoms with E-state index in [0.717, 1.165) is 0 Å². The van der Waals surface area contributed by atoms with Gasteiger partial charge < -0.3 is 4.74 Å². The van der Waals surface area contributed by atoms with Crippen molar-refractivity contribution in [3.63, 3.8) is 0 Å². The van der Waals surface area contributed by atoms with Gasteiger partial charge in [0.1, 0.15) is 5.75 Å². The van der Waals surface area contributed by atoms with Gasteiger partial charge in [0.25, 0.3) is 0 Å². The lowest BCUT2D eigenvalue weighted by Gasteiger charge is -2.31. The molecule has 4 heteroatoms. The Bertz CT molecular complexity index is 766. The van der Waals surface area contributed by atoms with Gasteiger partial charge in [0.15, 0.2) is 17.2 Å². The Morgan fingerprint density at radius 1 is 0.800 bits per heavy atom. The molecule has 0 aliphatic rings. The summed E-state index contributed by atoms with van der Waals surface area (Å²) < 4.78 is 5.87. The summed E-state index contributed by atoms with van der Waals surface area (Å²) in [5.41, 5.74) is -0.315. The Kier molecular flexibility index (Phi) is 5.38. The van der Waals surface area contributed by atoms with Crippen LogP contribution in [0.4, 0.5) is 0 Å². The first-order valence-electron chi connectivity index (χ1n) is 8.15. The first-order chi connectivity index (χ1) is 11.5. The summed E-state index contributed by atoms with van der Waals surface area (Å²) in [6.45, 7) is 9.12. The molecule has 0 amide bonds. The molecular formula is C21H23ClO3. The minimum Gasteiger partial charge on any atom is -0.480 e. The molecule has 0 radical (unpaired) electrons. The van der Waals surface area contributed by atoms with Gasteiger partial charge in [-0.15, -0.1) is 0 Å². The van der Waals surface area contributed by atoms with Crippen molar-refractivity contribution in [2.24, 2.45) is 5.41 Å². The lowest BCUT2D eigenvalue weighted by molar-refractivity contribution is -0.139. The van der Waals surface area contributed by atoms with Crippen LogP contribution in [0.3, 0.4) is 0 Å². The minimum absolute atomic E-state index is 0.0151. The summed E-state index contributed by atoms with van der Waals surface area (Å²) in [7, 11) is 0. The minimum atomic E-state index is -0.944. The fourth-order valence-corrected chi connectivity index (χ4v) is 2.81. The van der Waals surface area contributed by atoms with E-state index in [1.165, 1.54) is 0 Å². The number of carbonyl (C=O) groups is 2. The monoisotopic (exact) mass is 358 g/mol. The van der Waals surface area contributed by atoms with Crippen molar-refractivity contribution in [1.29, 1.82) is 0 Å². The van der Waals surface area contributed by atoms with Crippen LogP contribution in [0.5, 0.6) is 5.75 Å². The highest BCUT2D eigenvalue weighted by Crippen LogP contribution is 2.28. The predicted octanol–water partition coefficient (Wildman–Crippen LogP) is 5.34. The van der Waals surface area contributed by atoms with Crippen LogP contribution in [0.15, 0.2) is 48.5 Å². The molecule has 0 unspecified atom stereocenters. The second-order valence-electron chi connectivity index (χ2n) is 7.55. The third kappa shape index (κ3) is 4.70. The zero-order valence-corrected chi connectivity index (χ0v) is 16.0. The molecular weight excluding hydrogens is 336 g/mol. The van der Waals surface area contributed by atoms with E-state index in [-0.39, 0.29) is 11.6 Å². The lowest BCUT2D eigenvalue weighted by atomic mass is 9.82. The summed E-state index contributed by atoms with van der Waals surface area (Å²) in [5, 5.41) is 0.589. The van der Waals surface area contributed by atoms with Crippen molar-refractivity contribution in [3.8, 4) is 5.75 Å². The first-order valence-corrected chi connectivity index (χ1v) is 8.53. The zero-order valence-electron chi connectivity index (χ0n) is 15.2. The largest absolute Gasteiger partial charge is 0.480 e. The maximum Gasteiger partial charge on any atom is 0.193 e. The van der Waals surface area contributed by atoms with Gasteiger partial charge in [-0.05, 0) is 62.4 Å². The van der Waals surface area contributed by atoms with E-state index in [0.29, 0.717) is 21.9 Å². The van der Waals surface area contributed by atoms with E-state index in [4.69, 9.17) is 16.3 Å². The number of benzene rings is 2. The maximum absolute atomic E-state index is 12.5. The summed E-state index contributed by atoms with van der Waals surface area (Å²) in [6, 6.07) is 13.6. The molecule has 0 saturated heterocycles. The molecule has 132 valence electrons. The van der Waals surface area contributed by atoms with E-state index < -0.39 is 11.0 Å². The van der Waals surface area contributed by atoms with Gasteiger partial charge >= 0.3 is 0 Å². The molecule has 0 bridgehead atoms. The lowest BCUT2D eigenvalue weighted by Crippen LogP contribution is -2.45. The number of rotatable bonds is 5. The Balaban J connectivity index is 2.16. The molecule has 0 spiro atoms. The number of ketones is 2. The average Bonchev–Trinajstić information content (AvgIpc) is 2.54. The van der Waals surface area contributed by atoms with Gasteiger partial charge in [-0.25, -0.2) is 0 Å². The van der Waals surface area contributed by atoms with Gasteiger partial charge in [0.05, 0.1) is 0 Å². The fourth-order valence-electron chi connectivity index (χ4n) is 2.69. The third-order valence-corrected chi connectivity index (χ3v) is 4.08. The average molecular weight is 359 g/mol. The van der Waals surface area contributed by atoms with Gasteiger partial charge in [0.2, 0.25) is 0 Å². The SMILES string of the molecule is CC(C)(C)C(=O)C(C)(C)Oc1ccc(C(=O)c2ccc(Cl)cc2)cc1. The van der Waals surface area contributed by atoms with Crippen LogP contribution < -0.4 is 4.74 Å². The van der Waals surface area contributed by atoms with E-state index in [9.17, 15) is 9.59 Å². The standard InChI is InChI=1S/C21H23ClO3/c1-20(2,3)19(24)21(4,5)25-17-12-8-15(9-13-17)18(23)14-6-10-16(22)11-7-14/h6-13H,1-5H3. The maximum atomic E-state index is 12.5.